The van der Waals surface area contributed by atoms with E-state index in [0.29, 0.717) is 6.04 Å². The van der Waals surface area contributed by atoms with Crippen molar-refractivity contribution < 1.29 is 0 Å². The van der Waals surface area contributed by atoms with Gasteiger partial charge in [0.1, 0.15) is 0 Å². The Morgan fingerprint density at radius 1 is 1.14 bits per heavy atom. The van der Waals surface area contributed by atoms with Crippen molar-refractivity contribution in [2.24, 2.45) is 0 Å². The van der Waals surface area contributed by atoms with E-state index in [4.69, 9.17) is 0 Å². The molecule has 0 aromatic heterocycles. The monoisotopic (exact) mass is 217 g/mol. The minimum Gasteiger partial charge on any atom is -0.313 e. The van der Waals surface area contributed by atoms with Gasteiger partial charge < -0.3 is 5.32 Å². The lowest BCUT2D eigenvalue weighted by Crippen LogP contribution is -2.30. The number of rotatable bonds is 9. The molecular weight excluding hydrogens is 190 g/mol. The van der Waals surface area contributed by atoms with E-state index >= 15 is 0 Å². The van der Waals surface area contributed by atoms with Crippen molar-refractivity contribution in [2.75, 3.05) is 12.3 Å². The lowest BCUT2D eigenvalue weighted by Gasteiger charge is -2.16. The van der Waals surface area contributed by atoms with Crippen molar-refractivity contribution in [3.8, 4) is 0 Å². The summed E-state index contributed by atoms with van der Waals surface area (Å²) in [5.41, 5.74) is 0. The van der Waals surface area contributed by atoms with Crippen molar-refractivity contribution >= 4 is 11.8 Å². The van der Waals surface area contributed by atoms with Gasteiger partial charge in [-0.3, -0.25) is 0 Å². The van der Waals surface area contributed by atoms with Gasteiger partial charge in [-0.05, 0) is 25.5 Å². The van der Waals surface area contributed by atoms with Gasteiger partial charge in [-0.1, -0.05) is 33.6 Å². The van der Waals surface area contributed by atoms with E-state index in [1.54, 1.807) is 0 Å². The summed E-state index contributed by atoms with van der Waals surface area (Å²) in [4.78, 5) is 0. The zero-order valence-electron chi connectivity index (χ0n) is 10.3. The average molecular weight is 217 g/mol. The van der Waals surface area contributed by atoms with Crippen LogP contribution < -0.4 is 5.32 Å². The fourth-order valence-electron chi connectivity index (χ4n) is 1.21. The second kappa shape index (κ2) is 9.85. The van der Waals surface area contributed by atoms with Crippen LogP contribution in [-0.4, -0.2) is 23.6 Å². The standard InChI is InChI=1S/C12H27NS/c1-5-7-8-9-14-12(4)10-13-11(3)6-2/h11-13H,5-10H2,1-4H3. The van der Waals surface area contributed by atoms with Gasteiger partial charge in [0.05, 0.1) is 0 Å². The Balaban J connectivity index is 3.23. The van der Waals surface area contributed by atoms with Crippen molar-refractivity contribution in [3.63, 3.8) is 0 Å². The summed E-state index contributed by atoms with van der Waals surface area (Å²) in [6.45, 7) is 10.2. The minimum absolute atomic E-state index is 0.675. The summed E-state index contributed by atoms with van der Waals surface area (Å²) in [5, 5.41) is 4.32. The smallest absolute Gasteiger partial charge is 0.0144 e. The van der Waals surface area contributed by atoms with Crippen LogP contribution in [0.2, 0.25) is 0 Å². The summed E-state index contributed by atoms with van der Waals surface area (Å²) in [7, 11) is 0. The highest BCUT2D eigenvalue weighted by molar-refractivity contribution is 7.99. The molecule has 2 atom stereocenters. The second-order valence-electron chi connectivity index (χ2n) is 4.11. The molecule has 1 N–H and O–H groups in total. The number of hydrogen-bond acceptors (Lipinski definition) is 2. The molecule has 0 saturated heterocycles. The molecule has 0 bridgehead atoms. The third kappa shape index (κ3) is 8.89. The van der Waals surface area contributed by atoms with Crippen LogP contribution in [0.15, 0.2) is 0 Å². The molecule has 0 aromatic rings. The molecule has 0 radical (unpaired) electrons. The first kappa shape index (κ1) is 14.3. The highest BCUT2D eigenvalue weighted by Gasteiger charge is 2.03. The third-order valence-corrected chi connectivity index (χ3v) is 3.78. The lowest BCUT2D eigenvalue weighted by molar-refractivity contribution is 0.536. The molecule has 2 unspecified atom stereocenters. The first-order valence-corrected chi connectivity index (χ1v) is 7.10. The molecule has 2 heteroatoms. The van der Waals surface area contributed by atoms with E-state index in [9.17, 15) is 0 Å². The first-order valence-electron chi connectivity index (χ1n) is 6.05. The third-order valence-electron chi connectivity index (χ3n) is 2.52. The summed E-state index contributed by atoms with van der Waals surface area (Å²) in [6.07, 6.45) is 5.33. The van der Waals surface area contributed by atoms with Crippen molar-refractivity contribution in [2.45, 2.75) is 64.7 Å². The molecule has 0 aromatic carbocycles. The molecule has 0 aliphatic heterocycles. The zero-order chi connectivity index (χ0) is 10.8. The molecule has 0 rings (SSSR count). The van der Waals surface area contributed by atoms with E-state index in [-0.39, 0.29) is 0 Å². The van der Waals surface area contributed by atoms with Gasteiger partial charge in [-0.2, -0.15) is 11.8 Å². The maximum atomic E-state index is 3.55. The van der Waals surface area contributed by atoms with Crippen molar-refractivity contribution in [1.29, 1.82) is 0 Å². The Morgan fingerprint density at radius 2 is 1.86 bits per heavy atom. The Morgan fingerprint density at radius 3 is 2.43 bits per heavy atom. The molecule has 0 heterocycles. The Bertz CT molecular complexity index is 117. The van der Waals surface area contributed by atoms with Gasteiger partial charge in [-0.25, -0.2) is 0 Å². The number of unbranched alkanes of at least 4 members (excludes halogenated alkanes) is 2. The average Bonchev–Trinajstić information content (AvgIpc) is 2.21. The minimum atomic E-state index is 0.675. The predicted octanol–water partition coefficient (Wildman–Crippen LogP) is 3.69. The zero-order valence-corrected chi connectivity index (χ0v) is 11.1. The van der Waals surface area contributed by atoms with Crippen LogP contribution in [-0.2, 0) is 0 Å². The number of thioether (sulfide) groups is 1. The molecule has 0 spiro atoms. The second-order valence-corrected chi connectivity index (χ2v) is 5.65. The van der Waals surface area contributed by atoms with Crippen LogP contribution in [0, 0.1) is 0 Å². The van der Waals surface area contributed by atoms with E-state index in [2.05, 4.69) is 44.8 Å². The molecule has 0 fully saturated rings. The van der Waals surface area contributed by atoms with Crippen LogP contribution in [0.5, 0.6) is 0 Å². The van der Waals surface area contributed by atoms with Gasteiger partial charge >= 0.3 is 0 Å². The Labute approximate surface area is 94.4 Å². The molecule has 0 aliphatic rings. The van der Waals surface area contributed by atoms with Gasteiger partial charge in [0.15, 0.2) is 0 Å². The predicted molar refractivity (Wildman–Crippen MR) is 69.2 cm³/mol. The SMILES string of the molecule is CCCCCSC(C)CNC(C)CC. The number of hydrogen-bond donors (Lipinski definition) is 1. The molecule has 1 nitrogen and oxygen atoms in total. The topological polar surface area (TPSA) is 12.0 Å². The van der Waals surface area contributed by atoms with Crippen molar-refractivity contribution in [3.05, 3.63) is 0 Å². The van der Waals surface area contributed by atoms with Crippen LogP contribution in [0.1, 0.15) is 53.4 Å². The van der Waals surface area contributed by atoms with Crippen LogP contribution in [0.25, 0.3) is 0 Å². The highest BCUT2D eigenvalue weighted by atomic mass is 32.2. The molecule has 0 amide bonds. The van der Waals surface area contributed by atoms with Gasteiger partial charge in [0, 0.05) is 17.8 Å². The molecule has 0 aliphatic carbocycles. The van der Waals surface area contributed by atoms with Crippen LogP contribution in [0.3, 0.4) is 0 Å². The maximum Gasteiger partial charge on any atom is 0.0144 e. The maximum absolute atomic E-state index is 3.55. The highest BCUT2D eigenvalue weighted by Crippen LogP contribution is 2.12. The van der Waals surface area contributed by atoms with Crippen LogP contribution >= 0.6 is 11.8 Å². The molecular formula is C12H27NS. The summed E-state index contributed by atoms with van der Waals surface area (Å²) in [6, 6.07) is 0.675. The summed E-state index contributed by atoms with van der Waals surface area (Å²) >= 11 is 2.11. The number of nitrogens with one attached hydrogen (secondary N) is 1. The Hall–Kier alpha value is 0.310. The Kier molecular flexibility index (Phi) is 10.1. The fourth-order valence-corrected chi connectivity index (χ4v) is 2.19. The molecule has 86 valence electrons. The van der Waals surface area contributed by atoms with Crippen molar-refractivity contribution in [1.82, 2.24) is 5.32 Å². The van der Waals surface area contributed by atoms with E-state index in [1.165, 1.54) is 31.4 Å². The molecule has 0 saturated carbocycles. The van der Waals surface area contributed by atoms with Crippen LogP contribution in [0.4, 0.5) is 0 Å². The quantitative estimate of drug-likeness (QED) is 0.591. The van der Waals surface area contributed by atoms with E-state index < -0.39 is 0 Å². The van der Waals surface area contributed by atoms with Gasteiger partial charge in [0.2, 0.25) is 0 Å². The van der Waals surface area contributed by atoms with Gasteiger partial charge in [-0.15, -0.1) is 0 Å². The van der Waals surface area contributed by atoms with Gasteiger partial charge in [0.25, 0.3) is 0 Å². The molecule has 14 heavy (non-hydrogen) atoms. The normalized spacial score (nSPS) is 15.4. The van der Waals surface area contributed by atoms with E-state index in [0.717, 1.165) is 11.8 Å². The fraction of sp³-hybridized carbons (Fsp3) is 1.00. The van der Waals surface area contributed by atoms with E-state index in [1.807, 2.05) is 0 Å². The summed E-state index contributed by atoms with van der Waals surface area (Å²) < 4.78 is 0. The lowest BCUT2D eigenvalue weighted by atomic mass is 10.2. The first-order chi connectivity index (χ1) is 6.70. The summed E-state index contributed by atoms with van der Waals surface area (Å²) in [5.74, 6) is 1.33. The largest absolute Gasteiger partial charge is 0.313 e.